The van der Waals surface area contributed by atoms with E-state index in [4.69, 9.17) is 5.73 Å². The van der Waals surface area contributed by atoms with E-state index >= 15 is 0 Å². The Morgan fingerprint density at radius 2 is 1.82 bits per heavy atom. The topological polar surface area (TPSA) is 46.2 Å². The van der Waals surface area contributed by atoms with Gasteiger partial charge in [-0.3, -0.25) is 0 Å². The van der Waals surface area contributed by atoms with Crippen molar-refractivity contribution in [3.63, 3.8) is 0 Å². The van der Waals surface area contributed by atoms with Crippen molar-refractivity contribution >= 4 is 21.6 Å². The van der Waals surface area contributed by atoms with Crippen molar-refractivity contribution in [2.75, 3.05) is 5.73 Å². The van der Waals surface area contributed by atoms with Crippen molar-refractivity contribution in [3.8, 4) is 0 Å². The van der Waals surface area contributed by atoms with Gasteiger partial charge in [-0.2, -0.15) is 0 Å². The predicted octanol–water partition coefficient (Wildman–Crippen LogP) is 4.04. The molecular formula is C14H20BrNO. The first-order valence-electron chi connectivity index (χ1n) is 6.41. The molecule has 0 amide bonds. The number of halogens is 1. The van der Waals surface area contributed by atoms with Gasteiger partial charge in [0.05, 0.1) is 6.10 Å². The highest BCUT2D eigenvalue weighted by molar-refractivity contribution is 9.10. The van der Waals surface area contributed by atoms with Crippen LogP contribution in [0.15, 0.2) is 22.7 Å². The third kappa shape index (κ3) is 3.23. The lowest BCUT2D eigenvalue weighted by Gasteiger charge is -2.23. The molecule has 1 fully saturated rings. The highest BCUT2D eigenvalue weighted by Crippen LogP contribution is 2.36. The summed E-state index contributed by atoms with van der Waals surface area (Å²) in [5, 5.41) is 10.5. The quantitative estimate of drug-likeness (QED) is 0.639. The summed E-state index contributed by atoms with van der Waals surface area (Å²) in [6.45, 7) is 0. The Morgan fingerprint density at radius 3 is 2.47 bits per heavy atom. The van der Waals surface area contributed by atoms with Gasteiger partial charge in [-0.1, -0.05) is 41.6 Å². The Balaban J connectivity index is 2.16. The van der Waals surface area contributed by atoms with Crippen molar-refractivity contribution in [2.24, 2.45) is 5.92 Å². The molecule has 0 heterocycles. The Morgan fingerprint density at radius 1 is 1.18 bits per heavy atom. The standard InChI is InChI=1S/C14H20BrNO/c15-11-7-8-13(16)12(9-11)14(17)10-5-3-1-2-4-6-10/h7-10,14,17H,1-6,16H2. The van der Waals surface area contributed by atoms with Gasteiger partial charge in [0, 0.05) is 15.7 Å². The SMILES string of the molecule is Nc1ccc(Br)cc1C(O)C1CCCCCC1. The zero-order chi connectivity index (χ0) is 12.3. The molecule has 1 unspecified atom stereocenters. The van der Waals surface area contributed by atoms with E-state index in [2.05, 4.69) is 15.9 Å². The lowest BCUT2D eigenvalue weighted by Crippen LogP contribution is -2.13. The predicted molar refractivity (Wildman–Crippen MR) is 74.7 cm³/mol. The Labute approximate surface area is 111 Å². The number of nitrogens with two attached hydrogens (primary N) is 1. The maximum absolute atomic E-state index is 10.5. The van der Waals surface area contributed by atoms with Crippen LogP contribution in [0.25, 0.3) is 0 Å². The van der Waals surface area contributed by atoms with Crippen molar-refractivity contribution < 1.29 is 5.11 Å². The second kappa shape index (κ2) is 5.87. The van der Waals surface area contributed by atoms with Crippen molar-refractivity contribution in [2.45, 2.75) is 44.6 Å². The van der Waals surface area contributed by atoms with Crippen LogP contribution >= 0.6 is 15.9 Å². The van der Waals surface area contributed by atoms with Gasteiger partial charge in [0.15, 0.2) is 0 Å². The smallest absolute Gasteiger partial charge is 0.0838 e. The molecule has 2 rings (SSSR count). The molecule has 0 radical (unpaired) electrons. The van der Waals surface area contributed by atoms with Crippen LogP contribution in [-0.2, 0) is 0 Å². The van der Waals surface area contributed by atoms with Gasteiger partial charge in [-0.05, 0) is 37.0 Å². The average Bonchev–Trinajstić information content (AvgIpc) is 2.60. The molecule has 1 aliphatic carbocycles. The molecule has 0 aliphatic heterocycles. The van der Waals surface area contributed by atoms with E-state index in [1.807, 2.05) is 18.2 Å². The molecule has 2 nitrogen and oxygen atoms in total. The summed E-state index contributed by atoms with van der Waals surface area (Å²) in [5.41, 5.74) is 7.54. The van der Waals surface area contributed by atoms with Gasteiger partial charge in [0.1, 0.15) is 0 Å². The molecule has 3 heteroatoms. The number of nitrogen functional groups attached to an aromatic ring is 1. The largest absolute Gasteiger partial charge is 0.398 e. The Kier molecular flexibility index (Phi) is 4.46. The molecule has 94 valence electrons. The summed E-state index contributed by atoms with van der Waals surface area (Å²) in [6, 6.07) is 5.73. The van der Waals surface area contributed by atoms with Crippen LogP contribution in [0.3, 0.4) is 0 Å². The molecule has 0 saturated heterocycles. The Bertz CT molecular complexity index is 372. The molecule has 3 N–H and O–H groups in total. The van der Waals surface area contributed by atoms with Crippen LogP contribution in [0.2, 0.25) is 0 Å². The van der Waals surface area contributed by atoms with Gasteiger partial charge >= 0.3 is 0 Å². The number of hydrogen-bond acceptors (Lipinski definition) is 2. The molecular weight excluding hydrogens is 278 g/mol. The molecule has 1 aliphatic rings. The summed E-state index contributed by atoms with van der Waals surface area (Å²) in [6.07, 6.45) is 6.89. The third-order valence-electron chi connectivity index (χ3n) is 3.71. The second-order valence-corrected chi connectivity index (χ2v) is 5.89. The van der Waals surface area contributed by atoms with Crippen molar-refractivity contribution in [3.05, 3.63) is 28.2 Å². The fourth-order valence-corrected chi connectivity index (χ4v) is 3.06. The summed E-state index contributed by atoms with van der Waals surface area (Å²) >= 11 is 3.44. The van der Waals surface area contributed by atoms with E-state index in [1.165, 1.54) is 25.7 Å². The summed E-state index contributed by atoms with van der Waals surface area (Å²) in [7, 11) is 0. The van der Waals surface area contributed by atoms with Gasteiger partial charge in [-0.25, -0.2) is 0 Å². The van der Waals surface area contributed by atoms with Crippen molar-refractivity contribution in [1.29, 1.82) is 0 Å². The lowest BCUT2D eigenvalue weighted by molar-refractivity contribution is 0.0994. The number of aliphatic hydroxyl groups is 1. The first-order valence-corrected chi connectivity index (χ1v) is 7.21. The molecule has 0 bridgehead atoms. The highest BCUT2D eigenvalue weighted by atomic mass is 79.9. The average molecular weight is 298 g/mol. The van der Waals surface area contributed by atoms with Gasteiger partial charge in [0.2, 0.25) is 0 Å². The van der Waals surface area contributed by atoms with Gasteiger partial charge in [0.25, 0.3) is 0 Å². The zero-order valence-electron chi connectivity index (χ0n) is 10.0. The summed E-state index contributed by atoms with van der Waals surface area (Å²) in [4.78, 5) is 0. The number of rotatable bonds is 2. The minimum absolute atomic E-state index is 0.370. The monoisotopic (exact) mass is 297 g/mol. The maximum Gasteiger partial charge on any atom is 0.0838 e. The van der Waals surface area contributed by atoms with Crippen LogP contribution < -0.4 is 5.73 Å². The van der Waals surface area contributed by atoms with E-state index < -0.39 is 6.10 Å². The maximum atomic E-state index is 10.5. The van der Waals surface area contributed by atoms with Crippen LogP contribution in [0.5, 0.6) is 0 Å². The normalized spacial score (nSPS) is 19.9. The van der Waals surface area contributed by atoms with Gasteiger partial charge in [-0.15, -0.1) is 0 Å². The molecule has 1 aromatic carbocycles. The van der Waals surface area contributed by atoms with E-state index in [0.29, 0.717) is 11.6 Å². The first-order chi connectivity index (χ1) is 8.18. The van der Waals surface area contributed by atoms with Crippen LogP contribution in [0.4, 0.5) is 5.69 Å². The molecule has 1 saturated carbocycles. The van der Waals surface area contributed by atoms with E-state index in [1.54, 1.807) is 0 Å². The zero-order valence-corrected chi connectivity index (χ0v) is 11.6. The molecule has 17 heavy (non-hydrogen) atoms. The van der Waals surface area contributed by atoms with Crippen molar-refractivity contribution in [1.82, 2.24) is 0 Å². The van der Waals surface area contributed by atoms with Crippen LogP contribution in [-0.4, -0.2) is 5.11 Å². The minimum atomic E-state index is -0.411. The molecule has 0 aromatic heterocycles. The number of benzene rings is 1. The van der Waals surface area contributed by atoms with E-state index in [9.17, 15) is 5.11 Å². The fourth-order valence-electron chi connectivity index (χ4n) is 2.68. The summed E-state index contributed by atoms with van der Waals surface area (Å²) < 4.78 is 0.981. The van der Waals surface area contributed by atoms with E-state index in [0.717, 1.165) is 22.9 Å². The summed E-state index contributed by atoms with van der Waals surface area (Å²) in [5.74, 6) is 0.370. The third-order valence-corrected chi connectivity index (χ3v) is 4.21. The fraction of sp³-hybridized carbons (Fsp3) is 0.571. The number of aliphatic hydroxyl groups excluding tert-OH is 1. The molecule has 0 spiro atoms. The second-order valence-electron chi connectivity index (χ2n) is 4.97. The Hall–Kier alpha value is -0.540. The van der Waals surface area contributed by atoms with Gasteiger partial charge < -0.3 is 10.8 Å². The minimum Gasteiger partial charge on any atom is -0.398 e. The molecule has 1 aromatic rings. The molecule has 1 atom stereocenters. The van der Waals surface area contributed by atoms with Crippen LogP contribution in [0, 0.1) is 5.92 Å². The van der Waals surface area contributed by atoms with Crippen LogP contribution in [0.1, 0.15) is 50.2 Å². The highest BCUT2D eigenvalue weighted by Gasteiger charge is 2.23. The lowest BCUT2D eigenvalue weighted by atomic mass is 9.89. The number of anilines is 1. The van der Waals surface area contributed by atoms with E-state index in [-0.39, 0.29) is 0 Å². The number of hydrogen-bond donors (Lipinski definition) is 2. The first kappa shape index (κ1) is 12.9.